The van der Waals surface area contributed by atoms with Crippen LogP contribution in [-0.2, 0) is 16.1 Å². The summed E-state index contributed by atoms with van der Waals surface area (Å²) in [4.78, 5) is 24.8. The van der Waals surface area contributed by atoms with Crippen LogP contribution in [0.15, 0.2) is 41.3 Å². The molecule has 154 valence electrons. The van der Waals surface area contributed by atoms with E-state index >= 15 is 0 Å². The molecule has 1 unspecified atom stereocenters. The number of carboxylic acid groups (broad SMARTS) is 2. The van der Waals surface area contributed by atoms with Crippen LogP contribution < -0.4 is 0 Å². The molecule has 6 nitrogen and oxygen atoms in total. The van der Waals surface area contributed by atoms with Crippen molar-refractivity contribution >= 4 is 23.7 Å². The Balaban J connectivity index is 0.000000409. The van der Waals surface area contributed by atoms with Crippen molar-refractivity contribution in [3.05, 3.63) is 42.0 Å². The van der Waals surface area contributed by atoms with Crippen molar-refractivity contribution in [3.63, 3.8) is 0 Å². The Morgan fingerprint density at radius 2 is 1.61 bits per heavy atom. The fourth-order valence-corrected chi connectivity index (χ4v) is 3.91. The molecule has 0 radical (unpaired) electrons. The summed E-state index contributed by atoms with van der Waals surface area (Å²) < 4.78 is 0. The van der Waals surface area contributed by atoms with Crippen LogP contribution in [0.5, 0.6) is 0 Å². The predicted molar refractivity (Wildman–Crippen MR) is 112 cm³/mol. The summed E-state index contributed by atoms with van der Waals surface area (Å²) in [6, 6.07) is 9.05. The summed E-state index contributed by atoms with van der Waals surface area (Å²) in [6.07, 6.45) is 10.8. The molecule has 1 heterocycles. The molecule has 28 heavy (non-hydrogen) atoms. The Labute approximate surface area is 171 Å². The second-order valence-corrected chi connectivity index (χ2v) is 8.07. The summed E-state index contributed by atoms with van der Waals surface area (Å²) in [5.74, 6) is -2.75. The first-order valence-electron chi connectivity index (χ1n) is 9.66. The largest absolute Gasteiger partial charge is 0.473 e. The molecule has 0 aromatic heterocycles. The summed E-state index contributed by atoms with van der Waals surface area (Å²) in [5, 5.41) is 14.8. The van der Waals surface area contributed by atoms with Gasteiger partial charge in [0.1, 0.15) is 0 Å². The Kier molecular flexibility index (Phi) is 9.54. The zero-order valence-electron chi connectivity index (χ0n) is 16.4. The van der Waals surface area contributed by atoms with Crippen molar-refractivity contribution in [3.8, 4) is 0 Å². The molecule has 3 rings (SSSR count). The van der Waals surface area contributed by atoms with Gasteiger partial charge in [-0.05, 0) is 49.1 Å². The van der Waals surface area contributed by atoms with Crippen LogP contribution >= 0.6 is 11.8 Å². The summed E-state index contributed by atoms with van der Waals surface area (Å²) in [5.41, 5.74) is 1.45. The summed E-state index contributed by atoms with van der Waals surface area (Å²) in [6.45, 7) is 7.32. The van der Waals surface area contributed by atoms with Crippen LogP contribution in [0.1, 0.15) is 24.8 Å². The minimum absolute atomic E-state index is 0.899. The van der Waals surface area contributed by atoms with Crippen LogP contribution in [0.3, 0.4) is 0 Å². The van der Waals surface area contributed by atoms with Crippen LogP contribution in [0.2, 0.25) is 0 Å². The Hall–Kier alpha value is -1.83. The normalized spacial score (nSPS) is 20.2. The number of nitrogens with zero attached hydrogens (tertiary/aromatic N) is 2. The lowest BCUT2D eigenvalue weighted by atomic mass is 9.94. The highest BCUT2D eigenvalue weighted by Gasteiger charge is 2.20. The Morgan fingerprint density at radius 1 is 1.00 bits per heavy atom. The van der Waals surface area contributed by atoms with Gasteiger partial charge in [-0.15, -0.1) is 11.8 Å². The fraction of sp³-hybridized carbons (Fsp3) is 0.524. The van der Waals surface area contributed by atoms with Crippen molar-refractivity contribution in [2.75, 3.05) is 39.0 Å². The van der Waals surface area contributed by atoms with Gasteiger partial charge >= 0.3 is 11.9 Å². The molecule has 0 amide bonds. The fourth-order valence-electron chi connectivity index (χ4n) is 3.51. The number of carboxylic acids is 2. The first-order valence-corrected chi connectivity index (χ1v) is 10.9. The van der Waals surface area contributed by atoms with E-state index in [9.17, 15) is 0 Å². The second kappa shape index (κ2) is 11.9. The third-order valence-electron chi connectivity index (χ3n) is 5.11. The van der Waals surface area contributed by atoms with E-state index in [0.717, 1.165) is 12.5 Å². The molecule has 1 atom stereocenters. The van der Waals surface area contributed by atoms with E-state index in [1.54, 1.807) is 0 Å². The molecule has 1 aliphatic carbocycles. The topological polar surface area (TPSA) is 81.1 Å². The van der Waals surface area contributed by atoms with E-state index in [2.05, 4.69) is 52.5 Å². The van der Waals surface area contributed by atoms with Crippen LogP contribution in [-0.4, -0.2) is 70.9 Å². The first-order chi connectivity index (χ1) is 13.5. The molecule has 1 aromatic carbocycles. The maximum Gasteiger partial charge on any atom is 0.414 e. The molecule has 7 heteroatoms. The lowest BCUT2D eigenvalue weighted by Gasteiger charge is -2.36. The number of rotatable bonds is 5. The summed E-state index contributed by atoms with van der Waals surface area (Å²) in [7, 11) is 0. The Bertz CT molecular complexity index is 643. The average Bonchev–Trinajstić information content (AvgIpc) is 2.71. The lowest BCUT2D eigenvalue weighted by Crippen LogP contribution is -2.47. The van der Waals surface area contributed by atoms with Crippen LogP contribution in [0.25, 0.3) is 0 Å². The molecular formula is C21H30N2O4S. The van der Waals surface area contributed by atoms with Gasteiger partial charge in [0.15, 0.2) is 0 Å². The minimum Gasteiger partial charge on any atom is -0.473 e. The van der Waals surface area contributed by atoms with Gasteiger partial charge in [-0.2, -0.15) is 0 Å². The van der Waals surface area contributed by atoms with Gasteiger partial charge in [-0.25, -0.2) is 9.59 Å². The third-order valence-corrected chi connectivity index (χ3v) is 5.85. The molecule has 1 fully saturated rings. The summed E-state index contributed by atoms with van der Waals surface area (Å²) >= 11 is 1.82. The van der Waals surface area contributed by atoms with Crippen molar-refractivity contribution < 1.29 is 19.8 Å². The van der Waals surface area contributed by atoms with Gasteiger partial charge in [-0.3, -0.25) is 4.90 Å². The third kappa shape index (κ3) is 8.04. The number of thioether (sulfide) groups is 1. The van der Waals surface area contributed by atoms with Gasteiger partial charge in [0.2, 0.25) is 0 Å². The number of carbonyl (C=O) groups is 2. The molecule has 0 bridgehead atoms. The number of piperazine rings is 1. The molecule has 0 saturated carbocycles. The van der Waals surface area contributed by atoms with E-state index in [4.69, 9.17) is 19.8 Å². The van der Waals surface area contributed by atoms with Gasteiger partial charge in [0, 0.05) is 44.2 Å². The highest BCUT2D eigenvalue weighted by molar-refractivity contribution is 7.98. The standard InChI is InChI=1S/C19H28N2S.C2H2O4/c1-22-19-9-7-18(8-10-19)16-21-13-11-20(12-14-21)15-17-5-3-2-4-6-17;3-1(4)2(5)6/h2-3,7-10,17H,4-6,11-16H2,1H3;(H,3,4)(H,5,6). The quantitative estimate of drug-likeness (QED) is 0.442. The lowest BCUT2D eigenvalue weighted by molar-refractivity contribution is -0.159. The van der Waals surface area contributed by atoms with Crippen molar-refractivity contribution in [2.45, 2.75) is 30.7 Å². The highest BCUT2D eigenvalue weighted by Crippen LogP contribution is 2.20. The number of hydrogen-bond acceptors (Lipinski definition) is 5. The highest BCUT2D eigenvalue weighted by atomic mass is 32.2. The van der Waals surface area contributed by atoms with E-state index < -0.39 is 11.9 Å². The monoisotopic (exact) mass is 406 g/mol. The molecule has 2 aliphatic rings. The maximum atomic E-state index is 9.10. The van der Waals surface area contributed by atoms with Gasteiger partial charge in [-0.1, -0.05) is 24.3 Å². The van der Waals surface area contributed by atoms with Crippen LogP contribution in [0, 0.1) is 5.92 Å². The Morgan fingerprint density at radius 3 is 2.11 bits per heavy atom. The smallest absolute Gasteiger partial charge is 0.414 e. The SMILES string of the molecule is CSc1ccc(CN2CCN(CC3CC=CCC3)CC2)cc1.O=C(O)C(=O)O. The van der Waals surface area contributed by atoms with Gasteiger partial charge < -0.3 is 15.1 Å². The average molecular weight is 407 g/mol. The van der Waals surface area contributed by atoms with Gasteiger partial charge in [0.05, 0.1) is 0 Å². The molecule has 1 aromatic rings. The van der Waals surface area contributed by atoms with Crippen molar-refractivity contribution in [1.29, 1.82) is 0 Å². The molecular weight excluding hydrogens is 376 g/mol. The first kappa shape index (κ1) is 22.5. The predicted octanol–water partition coefficient (Wildman–Crippen LogP) is 3.04. The van der Waals surface area contributed by atoms with E-state index in [1.165, 1.54) is 62.4 Å². The van der Waals surface area contributed by atoms with E-state index in [1.807, 2.05) is 11.8 Å². The van der Waals surface area contributed by atoms with Crippen LogP contribution in [0.4, 0.5) is 0 Å². The molecule has 2 N–H and O–H groups in total. The number of allylic oxidation sites excluding steroid dienone is 2. The second-order valence-electron chi connectivity index (χ2n) is 7.19. The minimum atomic E-state index is -1.82. The zero-order chi connectivity index (χ0) is 20.4. The van der Waals surface area contributed by atoms with E-state index in [0.29, 0.717) is 0 Å². The molecule has 1 aliphatic heterocycles. The van der Waals surface area contributed by atoms with E-state index in [-0.39, 0.29) is 0 Å². The maximum absolute atomic E-state index is 9.10. The number of aliphatic carboxylic acids is 2. The van der Waals surface area contributed by atoms with Crippen molar-refractivity contribution in [1.82, 2.24) is 9.80 Å². The molecule has 1 saturated heterocycles. The number of hydrogen-bond donors (Lipinski definition) is 2. The number of benzene rings is 1. The van der Waals surface area contributed by atoms with Gasteiger partial charge in [0.25, 0.3) is 0 Å². The zero-order valence-corrected chi connectivity index (χ0v) is 17.2. The molecule has 0 spiro atoms. The van der Waals surface area contributed by atoms with Crippen molar-refractivity contribution in [2.24, 2.45) is 5.92 Å².